The van der Waals surface area contributed by atoms with E-state index in [2.05, 4.69) is 25.3 Å². The largest absolute Gasteiger partial charge is 0.481 e. The number of sulfonamides is 1. The quantitative estimate of drug-likeness (QED) is 0.0577. The molecule has 0 saturated heterocycles. The lowest BCUT2D eigenvalue weighted by Crippen LogP contribution is -2.50. The number of nitrogens with one attached hydrogen (secondary N) is 3. The molecule has 8 N–H and O–H groups in total. The third-order valence-corrected chi connectivity index (χ3v) is 6.43. The van der Waals surface area contributed by atoms with Crippen molar-refractivity contribution in [2.45, 2.75) is 50.4 Å². The van der Waals surface area contributed by atoms with Crippen molar-refractivity contribution in [3.05, 3.63) is 35.4 Å². The normalized spacial score (nSPS) is 13.8. The van der Waals surface area contributed by atoms with Gasteiger partial charge in [0.05, 0.1) is 24.2 Å². The molecule has 0 saturated carbocycles. The number of aliphatic carboxylic acids is 1. The summed E-state index contributed by atoms with van der Waals surface area (Å²) in [6.45, 7) is 1.46. The first-order valence-corrected chi connectivity index (χ1v) is 13.3. The molecule has 15 heteroatoms. The maximum atomic E-state index is 12.8. The van der Waals surface area contributed by atoms with Crippen molar-refractivity contribution in [1.29, 1.82) is 0 Å². The summed E-state index contributed by atoms with van der Waals surface area (Å²) in [5, 5.41) is 13.7. The summed E-state index contributed by atoms with van der Waals surface area (Å²) in [6, 6.07) is 4.08. The second-order valence-corrected chi connectivity index (χ2v) is 10.1. The molecule has 1 aromatic rings. The van der Waals surface area contributed by atoms with Crippen LogP contribution < -0.4 is 26.8 Å². The fourth-order valence-electron chi connectivity index (χ4n) is 3.23. The standard InChI is InChI=1S/C23H35N7O7S/c1-15(24)27-10-4-7-18(13-31)29-20(32)12-28-23(35)19(8-9-21(33)34)30-38(36,37)14-16-5-3-6-17(11-16)22(25)26-2/h3,5-6,11,13,18-19,30H,4,7-10,12,14H2,1-2H3,(H2,24,27)(H2,25,26)(H,28,35)(H,29,32)(H,33,34)/t18-,19-/m0/s1. The van der Waals surface area contributed by atoms with Crippen LogP contribution in [0.2, 0.25) is 0 Å². The van der Waals surface area contributed by atoms with E-state index in [0.29, 0.717) is 42.6 Å². The number of carboxylic acid groups (broad SMARTS) is 1. The minimum Gasteiger partial charge on any atom is -0.481 e. The Morgan fingerprint density at radius 1 is 1.18 bits per heavy atom. The fraction of sp³-hybridized carbons (Fsp3) is 0.478. The van der Waals surface area contributed by atoms with E-state index in [0.717, 1.165) is 0 Å². The van der Waals surface area contributed by atoms with Crippen LogP contribution >= 0.6 is 0 Å². The van der Waals surface area contributed by atoms with Crippen LogP contribution in [0, 0.1) is 0 Å². The van der Waals surface area contributed by atoms with Gasteiger partial charge in [-0.05, 0) is 37.8 Å². The molecule has 2 amide bonds. The highest BCUT2D eigenvalue weighted by Gasteiger charge is 2.26. The Bertz CT molecular complexity index is 1150. The van der Waals surface area contributed by atoms with Crippen LogP contribution in [-0.2, 0) is 35.0 Å². The molecule has 0 spiro atoms. The topological polar surface area (TPSA) is 236 Å². The number of amides is 2. The zero-order valence-electron chi connectivity index (χ0n) is 21.3. The van der Waals surface area contributed by atoms with Gasteiger partial charge in [0.15, 0.2) is 0 Å². The van der Waals surface area contributed by atoms with Gasteiger partial charge in [-0.15, -0.1) is 0 Å². The van der Waals surface area contributed by atoms with Crippen LogP contribution in [0.3, 0.4) is 0 Å². The Morgan fingerprint density at radius 2 is 1.89 bits per heavy atom. The third kappa shape index (κ3) is 12.9. The molecule has 0 radical (unpaired) electrons. The summed E-state index contributed by atoms with van der Waals surface area (Å²) in [5.41, 5.74) is 12.1. The molecule has 210 valence electrons. The van der Waals surface area contributed by atoms with Gasteiger partial charge < -0.3 is 32.0 Å². The van der Waals surface area contributed by atoms with E-state index in [1.54, 1.807) is 25.1 Å². The van der Waals surface area contributed by atoms with Crippen LogP contribution in [-0.4, -0.2) is 81.5 Å². The first kappa shape index (κ1) is 32.2. The molecule has 0 aliphatic heterocycles. The van der Waals surface area contributed by atoms with Gasteiger partial charge in [0.25, 0.3) is 0 Å². The Labute approximate surface area is 221 Å². The zero-order chi connectivity index (χ0) is 28.7. The molecule has 0 fully saturated rings. The molecule has 0 aliphatic carbocycles. The molecule has 2 atom stereocenters. The van der Waals surface area contributed by atoms with Crippen molar-refractivity contribution >= 4 is 45.8 Å². The van der Waals surface area contributed by atoms with Gasteiger partial charge >= 0.3 is 5.97 Å². The zero-order valence-corrected chi connectivity index (χ0v) is 22.2. The van der Waals surface area contributed by atoms with Crippen molar-refractivity contribution in [1.82, 2.24) is 15.4 Å². The molecule has 1 aromatic carbocycles. The maximum Gasteiger partial charge on any atom is 0.303 e. The van der Waals surface area contributed by atoms with Crippen LogP contribution in [0.25, 0.3) is 0 Å². The maximum absolute atomic E-state index is 12.8. The van der Waals surface area contributed by atoms with Crippen LogP contribution in [0.4, 0.5) is 0 Å². The summed E-state index contributed by atoms with van der Waals surface area (Å²) in [5.74, 6) is -2.70. The SMILES string of the molecule is CN=C(N)c1cccc(CS(=O)(=O)N[C@@H](CCC(=O)O)C(=O)NCC(=O)N[C@H](C=O)CCCN=C(C)N)c1. The monoisotopic (exact) mass is 553 g/mol. The second-order valence-electron chi connectivity index (χ2n) is 8.36. The molecular weight excluding hydrogens is 518 g/mol. The predicted octanol–water partition coefficient (Wildman–Crippen LogP) is -1.37. The Hall–Kier alpha value is -3.85. The van der Waals surface area contributed by atoms with E-state index in [4.69, 9.17) is 16.6 Å². The number of rotatable bonds is 17. The number of carbonyl (C=O) groups is 4. The Morgan fingerprint density at radius 3 is 2.50 bits per heavy atom. The summed E-state index contributed by atoms with van der Waals surface area (Å²) in [7, 11) is -2.62. The van der Waals surface area contributed by atoms with Gasteiger partial charge in [-0.1, -0.05) is 18.2 Å². The minimum absolute atomic E-state index is 0.213. The van der Waals surface area contributed by atoms with Gasteiger partial charge in [0.2, 0.25) is 21.8 Å². The predicted molar refractivity (Wildman–Crippen MR) is 142 cm³/mol. The van der Waals surface area contributed by atoms with Crippen molar-refractivity contribution < 1.29 is 32.7 Å². The van der Waals surface area contributed by atoms with Crippen LogP contribution in [0.5, 0.6) is 0 Å². The lowest BCUT2D eigenvalue weighted by molar-refractivity contribution is -0.137. The number of hydrogen-bond donors (Lipinski definition) is 6. The molecular formula is C23H35N7O7S. The number of carboxylic acids is 1. The number of carbonyl (C=O) groups excluding carboxylic acids is 3. The number of aldehydes is 1. The van der Waals surface area contributed by atoms with E-state index in [1.165, 1.54) is 13.1 Å². The lowest BCUT2D eigenvalue weighted by atomic mass is 10.1. The number of hydrogen-bond acceptors (Lipinski definition) is 8. The minimum atomic E-state index is -4.11. The highest BCUT2D eigenvalue weighted by atomic mass is 32.2. The van der Waals surface area contributed by atoms with E-state index in [-0.39, 0.29) is 12.3 Å². The van der Waals surface area contributed by atoms with Crippen molar-refractivity contribution in [3.8, 4) is 0 Å². The fourth-order valence-corrected chi connectivity index (χ4v) is 4.59. The highest BCUT2D eigenvalue weighted by Crippen LogP contribution is 2.10. The molecule has 1 rings (SSSR count). The Kier molecular flexibility index (Phi) is 13.6. The van der Waals surface area contributed by atoms with Crippen molar-refractivity contribution in [2.75, 3.05) is 20.1 Å². The van der Waals surface area contributed by atoms with E-state index >= 15 is 0 Å². The highest BCUT2D eigenvalue weighted by molar-refractivity contribution is 7.88. The van der Waals surface area contributed by atoms with Gasteiger partial charge in [-0.25, -0.2) is 13.1 Å². The van der Waals surface area contributed by atoms with E-state index in [9.17, 15) is 27.6 Å². The van der Waals surface area contributed by atoms with Crippen LogP contribution in [0.1, 0.15) is 43.7 Å². The first-order valence-electron chi connectivity index (χ1n) is 11.7. The number of benzene rings is 1. The van der Waals surface area contributed by atoms with E-state index in [1.807, 2.05) is 0 Å². The lowest BCUT2D eigenvalue weighted by Gasteiger charge is -2.18. The molecule has 38 heavy (non-hydrogen) atoms. The van der Waals surface area contributed by atoms with Gasteiger partial charge in [-0.3, -0.25) is 24.4 Å². The van der Waals surface area contributed by atoms with Crippen molar-refractivity contribution in [2.24, 2.45) is 21.5 Å². The summed E-state index contributed by atoms with van der Waals surface area (Å²) in [6.07, 6.45) is 0.499. The van der Waals surface area contributed by atoms with Gasteiger partial charge in [0, 0.05) is 25.6 Å². The molecule has 0 heterocycles. The first-order chi connectivity index (χ1) is 17.9. The molecule has 0 aliphatic rings. The summed E-state index contributed by atoms with van der Waals surface area (Å²) >= 11 is 0. The van der Waals surface area contributed by atoms with Gasteiger partial charge in [0.1, 0.15) is 18.2 Å². The second kappa shape index (κ2) is 16.1. The number of nitrogens with zero attached hydrogens (tertiary/aromatic N) is 2. The van der Waals surface area contributed by atoms with Crippen LogP contribution in [0.15, 0.2) is 34.3 Å². The summed E-state index contributed by atoms with van der Waals surface area (Å²) < 4.78 is 27.7. The number of nitrogens with two attached hydrogens (primary N) is 2. The average Bonchev–Trinajstić information content (AvgIpc) is 2.85. The smallest absolute Gasteiger partial charge is 0.303 e. The average molecular weight is 554 g/mol. The Balaban J connectivity index is 2.79. The van der Waals surface area contributed by atoms with Crippen molar-refractivity contribution in [3.63, 3.8) is 0 Å². The van der Waals surface area contributed by atoms with Gasteiger partial charge in [-0.2, -0.15) is 0 Å². The van der Waals surface area contributed by atoms with E-state index < -0.39 is 58.6 Å². The molecule has 0 aromatic heterocycles. The molecule has 0 unspecified atom stereocenters. The molecule has 14 nitrogen and oxygen atoms in total. The number of amidine groups is 2. The summed E-state index contributed by atoms with van der Waals surface area (Å²) in [4.78, 5) is 55.0. The molecule has 0 bridgehead atoms. The number of aliphatic imine (C=N–C) groups is 2. The third-order valence-electron chi connectivity index (χ3n) is 5.07.